The lowest BCUT2D eigenvalue weighted by Crippen LogP contribution is -2.53. The summed E-state index contributed by atoms with van der Waals surface area (Å²) < 4.78 is 4.96. The Morgan fingerprint density at radius 2 is 1.81 bits per heavy atom. The number of nitrogens with zero attached hydrogens (tertiary/aromatic N) is 1. The third-order valence-electron chi connectivity index (χ3n) is 4.00. The molecule has 21 heavy (non-hydrogen) atoms. The van der Waals surface area contributed by atoms with Gasteiger partial charge in [0.1, 0.15) is 5.54 Å². The van der Waals surface area contributed by atoms with E-state index in [1.165, 1.54) is 13.5 Å². The zero-order valence-electron chi connectivity index (χ0n) is 15.3. The van der Waals surface area contributed by atoms with Crippen LogP contribution >= 0.6 is 0 Å². The Bertz CT molecular complexity index is 305. The van der Waals surface area contributed by atoms with Crippen molar-refractivity contribution in [2.24, 2.45) is 5.92 Å². The summed E-state index contributed by atoms with van der Waals surface area (Å²) in [5.41, 5.74) is -0.592. The van der Waals surface area contributed by atoms with E-state index < -0.39 is 5.54 Å². The summed E-state index contributed by atoms with van der Waals surface area (Å²) in [7, 11) is 3.62. The second-order valence-electron chi connectivity index (χ2n) is 7.19. The lowest BCUT2D eigenvalue weighted by molar-refractivity contribution is -0.148. The van der Waals surface area contributed by atoms with Gasteiger partial charge in [-0.2, -0.15) is 0 Å². The van der Waals surface area contributed by atoms with Crippen LogP contribution in [0.3, 0.4) is 0 Å². The molecule has 4 nitrogen and oxygen atoms in total. The van der Waals surface area contributed by atoms with Gasteiger partial charge >= 0.3 is 5.97 Å². The SMILES string of the molecule is COC(=O)C(C)(CCCN(C)C(C)CC(C)C)NC(C)C. The van der Waals surface area contributed by atoms with Crippen molar-refractivity contribution in [1.29, 1.82) is 0 Å². The molecule has 2 unspecified atom stereocenters. The smallest absolute Gasteiger partial charge is 0.325 e. The molecule has 0 rings (SSSR count). The Labute approximate surface area is 131 Å². The monoisotopic (exact) mass is 300 g/mol. The van der Waals surface area contributed by atoms with Gasteiger partial charge in [0.05, 0.1) is 7.11 Å². The van der Waals surface area contributed by atoms with E-state index in [2.05, 4.69) is 51.9 Å². The van der Waals surface area contributed by atoms with Crippen LogP contribution in [0.1, 0.15) is 60.8 Å². The van der Waals surface area contributed by atoms with E-state index in [4.69, 9.17) is 4.74 Å². The van der Waals surface area contributed by atoms with Gasteiger partial charge in [-0.15, -0.1) is 0 Å². The lowest BCUT2D eigenvalue weighted by atomic mass is 9.94. The van der Waals surface area contributed by atoms with Gasteiger partial charge in [0.15, 0.2) is 0 Å². The third-order valence-corrected chi connectivity index (χ3v) is 4.00. The summed E-state index contributed by atoms with van der Waals surface area (Å²) >= 11 is 0. The van der Waals surface area contributed by atoms with Crippen LogP contribution in [0, 0.1) is 5.92 Å². The van der Waals surface area contributed by atoms with Crippen LogP contribution in [0.5, 0.6) is 0 Å². The van der Waals surface area contributed by atoms with E-state index in [-0.39, 0.29) is 12.0 Å². The maximum absolute atomic E-state index is 12.0. The largest absolute Gasteiger partial charge is 0.468 e. The molecule has 126 valence electrons. The molecule has 0 aliphatic carbocycles. The van der Waals surface area contributed by atoms with Gasteiger partial charge in [-0.3, -0.25) is 10.1 Å². The van der Waals surface area contributed by atoms with Gasteiger partial charge in [0.25, 0.3) is 0 Å². The van der Waals surface area contributed by atoms with E-state index in [1.807, 2.05) is 6.92 Å². The van der Waals surface area contributed by atoms with Crippen molar-refractivity contribution in [3.8, 4) is 0 Å². The first-order valence-electron chi connectivity index (χ1n) is 8.18. The molecule has 0 spiro atoms. The van der Waals surface area contributed by atoms with E-state index in [1.54, 1.807) is 0 Å². The van der Waals surface area contributed by atoms with Crippen molar-refractivity contribution in [3.05, 3.63) is 0 Å². The predicted octanol–water partition coefficient (Wildman–Crippen LogP) is 3.06. The summed E-state index contributed by atoms with van der Waals surface area (Å²) in [6.45, 7) is 13.8. The molecule has 0 bridgehead atoms. The molecule has 0 aromatic heterocycles. The van der Waals surface area contributed by atoms with Crippen molar-refractivity contribution in [1.82, 2.24) is 10.2 Å². The molecule has 0 aromatic rings. The molecule has 0 saturated heterocycles. The first kappa shape index (κ1) is 20.4. The number of hydrogen-bond donors (Lipinski definition) is 1. The predicted molar refractivity (Wildman–Crippen MR) is 89.5 cm³/mol. The van der Waals surface area contributed by atoms with Gasteiger partial charge in [-0.1, -0.05) is 13.8 Å². The van der Waals surface area contributed by atoms with Crippen molar-refractivity contribution in [2.45, 2.75) is 78.4 Å². The lowest BCUT2D eigenvalue weighted by Gasteiger charge is -2.32. The van der Waals surface area contributed by atoms with Crippen molar-refractivity contribution in [2.75, 3.05) is 20.7 Å². The van der Waals surface area contributed by atoms with Crippen LogP contribution in [0.15, 0.2) is 0 Å². The van der Waals surface area contributed by atoms with Crippen LogP contribution in [0.4, 0.5) is 0 Å². The second-order valence-corrected chi connectivity index (χ2v) is 7.19. The highest BCUT2D eigenvalue weighted by atomic mass is 16.5. The Hall–Kier alpha value is -0.610. The molecule has 0 saturated carbocycles. The Morgan fingerprint density at radius 1 is 1.24 bits per heavy atom. The Morgan fingerprint density at radius 3 is 2.24 bits per heavy atom. The highest BCUT2D eigenvalue weighted by Crippen LogP contribution is 2.17. The fraction of sp³-hybridized carbons (Fsp3) is 0.941. The van der Waals surface area contributed by atoms with Gasteiger partial charge < -0.3 is 9.64 Å². The topological polar surface area (TPSA) is 41.6 Å². The molecule has 0 heterocycles. The maximum atomic E-state index is 12.0. The average Bonchev–Trinajstić information content (AvgIpc) is 2.35. The normalized spacial score (nSPS) is 16.3. The molecule has 0 amide bonds. The van der Waals surface area contributed by atoms with Crippen LogP contribution in [-0.2, 0) is 9.53 Å². The quantitative estimate of drug-likeness (QED) is 0.630. The number of esters is 1. The summed E-state index contributed by atoms with van der Waals surface area (Å²) in [5.74, 6) is 0.541. The molecule has 0 radical (unpaired) electrons. The van der Waals surface area contributed by atoms with Gasteiger partial charge in [-0.25, -0.2) is 0 Å². The molecule has 0 fully saturated rings. The second kappa shape index (κ2) is 9.42. The number of nitrogens with one attached hydrogen (secondary N) is 1. The number of rotatable bonds is 10. The zero-order valence-corrected chi connectivity index (χ0v) is 15.3. The number of hydrogen-bond acceptors (Lipinski definition) is 4. The van der Waals surface area contributed by atoms with Crippen LogP contribution < -0.4 is 5.32 Å². The standard InChI is InChI=1S/C17H36N2O2/c1-13(2)12-15(5)19(7)11-9-10-17(6,16(20)21-8)18-14(3)4/h13-15,18H,9-12H2,1-8H3. The summed E-state index contributed by atoms with van der Waals surface area (Å²) in [5, 5.41) is 3.35. The Kier molecular flexibility index (Phi) is 9.14. The first-order valence-corrected chi connectivity index (χ1v) is 8.18. The molecule has 0 aromatic carbocycles. The summed E-state index contributed by atoms with van der Waals surface area (Å²) in [6.07, 6.45) is 2.97. The fourth-order valence-electron chi connectivity index (χ4n) is 2.86. The third kappa shape index (κ3) is 7.82. The van der Waals surface area contributed by atoms with Gasteiger partial charge in [0, 0.05) is 12.1 Å². The number of carbonyl (C=O) groups excluding carboxylic acids is 1. The van der Waals surface area contributed by atoms with Crippen LogP contribution in [-0.4, -0.2) is 49.2 Å². The maximum Gasteiger partial charge on any atom is 0.325 e. The highest BCUT2D eigenvalue weighted by molar-refractivity contribution is 5.80. The van der Waals surface area contributed by atoms with E-state index in [0.29, 0.717) is 12.0 Å². The van der Waals surface area contributed by atoms with Crippen molar-refractivity contribution in [3.63, 3.8) is 0 Å². The minimum atomic E-state index is -0.592. The van der Waals surface area contributed by atoms with Gasteiger partial charge in [-0.05, 0) is 66.5 Å². The summed E-state index contributed by atoms with van der Waals surface area (Å²) in [4.78, 5) is 14.4. The highest BCUT2D eigenvalue weighted by Gasteiger charge is 2.34. The van der Waals surface area contributed by atoms with Gasteiger partial charge in [0.2, 0.25) is 0 Å². The molecular formula is C17H36N2O2. The Balaban J connectivity index is 4.40. The number of methoxy groups -OCH3 is 1. The molecule has 0 aliphatic rings. The number of ether oxygens (including phenoxy) is 1. The average molecular weight is 300 g/mol. The summed E-state index contributed by atoms with van der Waals surface area (Å²) in [6, 6.07) is 0.833. The van der Waals surface area contributed by atoms with E-state index in [9.17, 15) is 4.79 Å². The molecule has 0 aliphatic heterocycles. The molecular weight excluding hydrogens is 264 g/mol. The van der Waals surface area contributed by atoms with Crippen molar-refractivity contribution >= 4 is 5.97 Å². The molecule has 4 heteroatoms. The molecule has 2 atom stereocenters. The first-order chi connectivity index (χ1) is 9.62. The van der Waals surface area contributed by atoms with Crippen LogP contribution in [0.25, 0.3) is 0 Å². The molecule has 1 N–H and O–H groups in total. The minimum Gasteiger partial charge on any atom is -0.468 e. The fourth-order valence-corrected chi connectivity index (χ4v) is 2.86. The number of carbonyl (C=O) groups is 1. The zero-order chi connectivity index (χ0) is 16.6. The van der Waals surface area contributed by atoms with E-state index >= 15 is 0 Å². The van der Waals surface area contributed by atoms with Crippen LogP contribution in [0.2, 0.25) is 0 Å². The van der Waals surface area contributed by atoms with Crippen molar-refractivity contribution < 1.29 is 9.53 Å². The van der Waals surface area contributed by atoms with E-state index in [0.717, 1.165) is 19.4 Å². The minimum absolute atomic E-state index is 0.172.